The van der Waals surface area contributed by atoms with Crippen molar-refractivity contribution >= 4 is 17.6 Å². The number of nitrogens with zero attached hydrogens (tertiary/aromatic N) is 1. The first-order valence-electron chi connectivity index (χ1n) is 11.6. The number of fused-ring (bicyclic) bond motifs is 1. The van der Waals surface area contributed by atoms with Gasteiger partial charge in [-0.25, -0.2) is 4.79 Å². The van der Waals surface area contributed by atoms with Gasteiger partial charge >= 0.3 is 6.03 Å². The molecule has 4 N–H and O–H groups in total. The van der Waals surface area contributed by atoms with Crippen molar-refractivity contribution in [3.05, 3.63) is 30.4 Å². The summed E-state index contributed by atoms with van der Waals surface area (Å²) in [4.78, 5) is 27.0. The fraction of sp³-hybridized carbons (Fsp3) is 0.565. The normalized spacial score (nSPS) is 24.0. The summed E-state index contributed by atoms with van der Waals surface area (Å²) in [7, 11) is 0. The van der Waals surface area contributed by atoms with Crippen LogP contribution in [0.5, 0.6) is 11.5 Å². The van der Waals surface area contributed by atoms with Crippen LogP contribution in [-0.4, -0.2) is 93.0 Å². The number of amides is 3. The van der Waals surface area contributed by atoms with Crippen molar-refractivity contribution in [2.45, 2.75) is 31.1 Å². The van der Waals surface area contributed by atoms with Crippen molar-refractivity contribution in [3.63, 3.8) is 0 Å². The van der Waals surface area contributed by atoms with Crippen LogP contribution >= 0.6 is 0 Å². The van der Waals surface area contributed by atoms with Gasteiger partial charge in [-0.15, -0.1) is 0 Å². The molecule has 34 heavy (non-hydrogen) atoms. The topological polar surface area (TPSA) is 131 Å². The summed E-state index contributed by atoms with van der Waals surface area (Å²) in [5, 5.41) is 18.2. The van der Waals surface area contributed by atoms with Gasteiger partial charge in [-0.3, -0.25) is 9.69 Å². The quantitative estimate of drug-likeness (QED) is 0.299. The Morgan fingerprint density at radius 1 is 1.12 bits per heavy atom. The number of carbonyl (C=O) groups excluding carboxylic acids is 2. The molecule has 0 aliphatic carbocycles. The summed E-state index contributed by atoms with van der Waals surface area (Å²) in [6, 6.07) is 4.11. The Balaban J connectivity index is 1.18. The summed E-state index contributed by atoms with van der Waals surface area (Å²) >= 11 is 0. The largest absolute Gasteiger partial charge is 0.454 e. The number of rotatable bonds is 9. The SMILES string of the molecule is O=C(C[C@@H]1C=C[C@H](NC(=O)Nc2ccc3c(c2)OCO3)[C@H](CO)O1)NCCCN1CCOCC1. The van der Waals surface area contributed by atoms with E-state index in [-0.39, 0.29) is 25.7 Å². The molecule has 1 saturated heterocycles. The van der Waals surface area contributed by atoms with Crippen molar-refractivity contribution < 1.29 is 33.6 Å². The Hall–Kier alpha value is -2.86. The van der Waals surface area contributed by atoms with Gasteiger partial charge in [-0.05, 0) is 25.1 Å². The Labute approximate surface area is 198 Å². The molecular formula is C23H32N4O7. The molecule has 3 aliphatic heterocycles. The lowest BCUT2D eigenvalue weighted by atomic mass is 10.0. The van der Waals surface area contributed by atoms with Gasteiger partial charge in [0.05, 0.1) is 38.4 Å². The third kappa shape index (κ3) is 6.83. The van der Waals surface area contributed by atoms with Gasteiger partial charge < -0.3 is 40.0 Å². The molecule has 186 valence electrons. The molecule has 11 nitrogen and oxygen atoms in total. The van der Waals surface area contributed by atoms with Crippen LogP contribution in [0.4, 0.5) is 10.5 Å². The Kier molecular flexibility index (Phi) is 8.58. The number of hydrogen-bond acceptors (Lipinski definition) is 8. The predicted molar refractivity (Wildman–Crippen MR) is 123 cm³/mol. The van der Waals surface area contributed by atoms with E-state index in [9.17, 15) is 14.7 Å². The lowest BCUT2D eigenvalue weighted by Crippen LogP contribution is -2.50. The average molecular weight is 477 g/mol. The number of urea groups is 1. The van der Waals surface area contributed by atoms with Crippen LogP contribution in [0.3, 0.4) is 0 Å². The molecule has 0 saturated carbocycles. The molecule has 0 radical (unpaired) electrons. The zero-order valence-electron chi connectivity index (χ0n) is 19.0. The molecule has 3 heterocycles. The molecule has 1 aromatic carbocycles. The Morgan fingerprint density at radius 2 is 1.94 bits per heavy atom. The van der Waals surface area contributed by atoms with Crippen molar-refractivity contribution in [2.24, 2.45) is 0 Å². The van der Waals surface area contributed by atoms with Crippen LogP contribution in [0.25, 0.3) is 0 Å². The van der Waals surface area contributed by atoms with Gasteiger partial charge in [0.15, 0.2) is 11.5 Å². The van der Waals surface area contributed by atoms with Crippen LogP contribution in [0.2, 0.25) is 0 Å². The summed E-state index contributed by atoms with van der Waals surface area (Å²) in [6.45, 7) is 4.78. The third-order valence-electron chi connectivity index (χ3n) is 5.85. The second-order valence-corrected chi connectivity index (χ2v) is 8.33. The summed E-state index contributed by atoms with van der Waals surface area (Å²) in [6.07, 6.45) is 3.39. The number of carbonyl (C=O) groups is 2. The van der Waals surface area contributed by atoms with E-state index in [0.717, 1.165) is 39.3 Å². The number of benzene rings is 1. The highest BCUT2D eigenvalue weighted by Gasteiger charge is 2.29. The number of anilines is 1. The molecular weight excluding hydrogens is 444 g/mol. The van der Waals surface area contributed by atoms with Crippen molar-refractivity contribution in [1.82, 2.24) is 15.5 Å². The maximum absolute atomic E-state index is 12.4. The minimum Gasteiger partial charge on any atom is -0.454 e. The standard InChI is InChI=1S/C23H32N4O7/c28-14-21-18(26-23(30)25-16-2-5-19-20(12-16)33-15-32-19)4-3-17(34-21)13-22(29)24-6-1-7-27-8-10-31-11-9-27/h2-5,12,17-18,21,28H,1,6-11,13-15H2,(H,24,29)(H2,25,26,30)/t17-,18-,21-/m0/s1. The van der Waals surface area contributed by atoms with Gasteiger partial charge in [-0.2, -0.15) is 0 Å². The first-order chi connectivity index (χ1) is 16.6. The third-order valence-corrected chi connectivity index (χ3v) is 5.85. The maximum Gasteiger partial charge on any atom is 0.319 e. The van der Waals surface area contributed by atoms with E-state index in [1.807, 2.05) is 0 Å². The zero-order valence-corrected chi connectivity index (χ0v) is 19.0. The zero-order chi connectivity index (χ0) is 23.8. The molecule has 11 heteroatoms. The van der Waals surface area contributed by atoms with E-state index < -0.39 is 24.3 Å². The van der Waals surface area contributed by atoms with E-state index >= 15 is 0 Å². The minimum absolute atomic E-state index is 0.111. The molecule has 0 unspecified atom stereocenters. The lowest BCUT2D eigenvalue weighted by molar-refractivity contribution is -0.125. The van der Waals surface area contributed by atoms with Crippen LogP contribution in [0.1, 0.15) is 12.8 Å². The average Bonchev–Trinajstić information content (AvgIpc) is 3.31. The van der Waals surface area contributed by atoms with E-state index in [1.54, 1.807) is 30.4 Å². The monoisotopic (exact) mass is 476 g/mol. The highest BCUT2D eigenvalue weighted by atomic mass is 16.7. The van der Waals surface area contributed by atoms with E-state index in [1.165, 1.54) is 0 Å². The Morgan fingerprint density at radius 3 is 2.76 bits per heavy atom. The molecule has 1 aromatic rings. The molecule has 4 rings (SSSR count). The summed E-state index contributed by atoms with van der Waals surface area (Å²) in [5.41, 5.74) is 0.547. The summed E-state index contributed by atoms with van der Waals surface area (Å²) < 4.78 is 21.7. The Bertz CT molecular complexity index is 875. The number of hydrogen-bond donors (Lipinski definition) is 4. The second kappa shape index (κ2) is 12.0. The van der Waals surface area contributed by atoms with E-state index in [4.69, 9.17) is 18.9 Å². The molecule has 0 aromatic heterocycles. The van der Waals surface area contributed by atoms with Crippen molar-refractivity contribution in [2.75, 3.05) is 58.1 Å². The van der Waals surface area contributed by atoms with Crippen molar-refractivity contribution in [1.29, 1.82) is 0 Å². The van der Waals surface area contributed by atoms with Gasteiger partial charge in [0, 0.05) is 31.4 Å². The van der Waals surface area contributed by atoms with E-state index in [2.05, 4.69) is 20.9 Å². The van der Waals surface area contributed by atoms with Crippen LogP contribution in [0, 0.1) is 0 Å². The number of aliphatic hydroxyl groups is 1. The van der Waals surface area contributed by atoms with Gasteiger partial charge in [0.25, 0.3) is 0 Å². The molecule has 0 bridgehead atoms. The number of aliphatic hydroxyl groups excluding tert-OH is 1. The minimum atomic E-state index is -0.661. The van der Waals surface area contributed by atoms with Gasteiger partial charge in [-0.1, -0.05) is 12.2 Å². The first kappa shape index (κ1) is 24.3. The van der Waals surface area contributed by atoms with Crippen molar-refractivity contribution in [3.8, 4) is 11.5 Å². The molecule has 3 atom stereocenters. The van der Waals surface area contributed by atoms with E-state index in [0.29, 0.717) is 23.7 Å². The van der Waals surface area contributed by atoms with Crippen LogP contribution in [-0.2, 0) is 14.3 Å². The first-order valence-corrected chi connectivity index (χ1v) is 11.6. The van der Waals surface area contributed by atoms with Gasteiger partial charge in [0.1, 0.15) is 6.10 Å². The molecule has 0 spiro atoms. The summed E-state index contributed by atoms with van der Waals surface area (Å²) in [5.74, 6) is 1.08. The fourth-order valence-electron chi connectivity index (χ4n) is 4.04. The van der Waals surface area contributed by atoms with Crippen LogP contribution < -0.4 is 25.4 Å². The molecule has 3 aliphatic rings. The molecule has 3 amide bonds. The predicted octanol–water partition coefficient (Wildman–Crippen LogP) is 0.450. The fourth-order valence-corrected chi connectivity index (χ4v) is 4.04. The number of morpholine rings is 1. The lowest BCUT2D eigenvalue weighted by Gasteiger charge is -2.31. The highest BCUT2D eigenvalue weighted by molar-refractivity contribution is 5.90. The number of nitrogens with one attached hydrogen (secondary N) is 3. The number of ether oxygens (including phenoxy) is 4. The van der Waals surface area contributed by atoms with Crippen LogP contribution in [0.15, 0.2) is 30.4 Å². The highest BCUT2D eigenvalue weighted by Crippen LogP contribution is 2.34. The molecule has 1 fully saturated rings. The van der Waals surface area contributed by atoms with Gasteiger partial charge in [0.2, 0.25) is 12.7 Å². The maximum atomic E-state index is 12.4. The smallest absolute Gasteiger partial charge is 0.319 e. The second-order valence-electron chi connectivity index (χ2n) is 8.33.